The molecule has 3 aliphatic carbocycles. The Kier molecular flexibility index (Phi) is 5.64. The molecule has 1 unspecified atom stereocenters. The number of carboxylic acid groups (broad SMARTS) is 1. The van der Waals surface area contributed by atoms with E-state index in [-0.39, 0.29) is 34.6 Å². The molecule has 6 nitrogen and oxygen atoms in total. The number of carbonyl (C=O) groups excluding carboxylic acids is 1. The number of carbonyl (C=O) groups is 2. The van der Waals surface area contributed by atoms with Gasteiger partial charge in [0.2, 0.25) is 5.91 Å². The monoisotopic (exact) mass is 469 g/mol. The molecule has 0 bridgehead atoms. The molecule has 34 heavy (non-hydrogen) atoms. The molecule has 3 saturated carbocycles. The van der Waals surface area contributed by atoms with Crippen LogP contribution >= 0.6 is 0 Å². The van der Waals surface area contributed by atoms with Crippen molar-refractivity contribution in [3.8, 4) is 11.5 Å². The smallest absolute Gasteiger partial charge is 0.307 e. The Hall–Kier alpha value is -2.24. The van der Waals surface area contributed by atoms with Gasteiger partial charge in [0.05, 0.1) is 26.1 Å². The molecule has 0 aromatic heterocycles. The summed E-state index contributed by atoms with van der Waals surface area (Å²) in [6.45, 7) is 6.95. The number of carboxylic acids is 1. The van der Waals surface area contributed by atoms with Gasteiger partial charge in [0, 0.05) is 11.6 Å². The van der Waals surface area contributed by atoms with E-state index in [0.717, 1.165) is 44.1 Å². The maximum Gasteiger partial charge on any atom is 0.307 e. The fourth-order valence-corrected chi connectivity index (χ4v) is 9.00. The van der Waals surface area contributed by atoms with Crippen molar-refractivity contribution in [3.05, 3.63) is 23.8 Å². The predicted octanol–water partition coefficient (Wildman–Crippen LogP) is 4.87. The SMILES string of the molecule is COc1cccc(OC)c1C1C[C@@]2(C)[C@@H](C[C@H](C)[C@@H]3[C@@H]2CC[C@]2(C)[C@@H](C(=O)O)CC[C@@H]32)NC1=O. The van der Waals surface area contributed by atoms with E-state index in [1.54, 1.807) is 14.2 Å². The van der Waals surface area contributed by atoms with Crippen molar-refractivity contribution in [3.63, 3.8) is 0 Å². The molecule has 4 aliphatic rings. The molecule has 186 valence electrons. The van der Waals surface area contributed by atoms with Gasteiger partial charge in [-0.15, -0.1) is 0 Å². The van der Waals surface area contributed by atoms with Crippen LogP contribution in [-0.2, 0) is 9.59 Å². The zero-order valence-electron chi connectivity index (χ0n) is 21.1. The Balaban J connectivity index is 1.52. The van der Waals surface area contributed by atoms with Gasteiger partial charge in [-0.3, -0.25) is 9.59 Å². The summed E-state index contributed by atoms with van der Waals surface area (Å²) < 4.78 is 11.3. The number of fused-ring (bicyclic) bond motifs is 5. The van der Waals surface area contributed by atoms with E-state index in [9.17, 15) is 14.7 Å². The summed E-state index contributed by atoms with van der Waals surface area (Å²) in [7, 11) is 3.28. The second-order valence-corrected chi connectivity index (χ2v) is 11.9. The van der Waals surface area contributed by atoms with Crippen molar-refractivity contribution < 1.29 is 24.2 Å². The van der Waals surface area contributed by atoms with Crippen LogP contribution in [-0.4, -0.2) is 37.2 Å². The number of rotatable bonds is 4. The third kappa shape index (κ3) is 3.20. The van der Waals surface area contributed by atoms with Gasteiger partial charge < -0.3 is 19.9 Å². The number of methoxy groups -OCH3 is 2. The van der Waals surface area contributed by atoms with Crippen LogP contribution in [0.1, 0.15) is 70.8 Å². The first-order valence-corrected chi connectivity index (χ1v) is 12.9. The molecule has 1 saturated heterocycles. The average Bonchev–Trinajstić information content (AvgIpc) is 3.16. The lowest BCUT2D eigenvalue weighted by atomic mass is 9.44. The predicted molar refractivity (Wildman–Crippen MR) is 129 cm³/mol. The van der Waals surface area contributed by atoms with Crippen LogP contribution in [0.3, 0.4) is 0 Å². The lowest BCUT2D eigenvalue weighted by molar-refractivity contribution is -0.157. The third-order valence-corrected chi connectivity index (χ3v) is 10.6. The van der Waals surface area contributed by atoms with Crippen molar-refractivity contribution >= 4 is 11.9 Å². The molecule has 1 aromatic carbocycles. The summed E-state index contributed by atoms with van der Waals surface area (Å²) in [6, 6.07) is 5.85. The Morgan fingerprint density at radius 2 is 1.71 bits per heavy atom. The fraction of sp³-hybridized carbons (Fsp3) is 0.714. The molecule has 5 rings (SSSR count). The number of ether oxygens (including phenoxy) is 2. The van der Waals surface area contributed by atoms with Crippen LogP contribution in [0.2, 0.25) is 0 Å². The second kappa shape index (κ2) is 8.17. The van der Waals surface area contributed by atoms with Crippen LogP contribution in [0, 0.1) is 40.4 Å². The van der Waals surface area contributed by atoms with Gasteiger partial charge in [0.15, 0.2) is 0 Å². The van der Waals surface area contributed by atoms with Gasteiger partial charge in [0.25, 0.3) is 0 Å². The highest BCUT2D eigenvalue weighted by Crippen LogP contribution is 2.67. The lowest BCUT2D eigenvalue weighted by Crippen LogP contribution is -2.64. The van der Waals surface area contributed by atoms with Crippen LogP contribution < -0.4 is 14.8 Å². The van der Waals surface area contributed by atoms with Crippen molar-refractivity contribution in [1.29, 1.82) is 0 Å². The fourth-order valence-electron chi connectivity index (χ4n) is 9.00. The molecule has 4 fully saturated rings. The number of aliphatic carboxylic acids is 1. The Bertz CT molecular complexity index is 971. The largest absolute Gasteiger partial charge is 0.496 e. The van der Waals surface area contributed by atoms with Gasteiger partial charge in [-0.25, -0.2) is 0 Å². The van der Waals surface area contributed by atoms with Crippen molar-refractivity contribution in [1.82, 2.24) is 5.32 Å². The Morgan fingerprint density at radius 3 is 2.32 bits per heavy atom. The highest BCUT2D eigenvalue weighted by Gasteiger charge is 2.64. The summed E-state index contributed by atoms with van der Waals surface area (Å²) in [5.41, 5.74) is 0.671. The van der Waals surface area contributed by atoms with E-state index in [1.165, 1.54) is 0 Å². The standard InChI is InChI=1S/C28H39NO5/c1-15-13-22-28(3,18-11-12-27(2)17(23(15)18)9-10-19(27)26(31)32)14-16(25(30)29-22)24-20(33-4)7-6-8-21(24)34-5/h6-8,15-19,22-23H,9-14H2,1-5H3,(H,29,30)(H,31,32)/t15-,16?,17-,18-,19+,22+,23-,27-,28+/m0/s1. The topological polar surface area (TPSA) is 84.9 Å². The Labute approximate surface area is 202 Å². The number of nitrogens with one attached hydrogen (secondary N) is 1. The van der Waals surface area contributed by atoms with E-state index in [1.807, 2.05) is 18.2 Å². The molecule has 0 spiro atoms. The first-order chi connectivity index (χ1) is 16.2. The molecular formula is C28H39NO5. The summed E-state index contributed by atoms with van der Waals surface area (Å²) in [5.74, 6) is 2.15. The molecule has 1 amide bonds. The lowest BCUT2D eigenvalue weighted by Gasteiger charge is -2.62. The van der Waals surface area contributed by atoms with Crippen molar-refractivity contribution in [2.45, 2.75) is 71.3 Å². The molecule has 1 aliphatic heterocycles. The van der Waals surface area contributed by atoms with Crippen molar-refractivity contribution in [2.75, 3.05) is 14.2 Å². The number of hydrogen-bond acceptors (Lipinski definition) is 4. The minimum Gasteiger partial charge on any atom is -0.496 e. The summed E-state index contributed by atoms with van der Waals surface area (Å²) in [4.78, 5) is 25.5. The molecule has 1 aromatic rings. The first-order valence-electron chi connectivity index (χ1n) is 12.9. The second-order valence-electron chi connectivity index (χ2n) is 11.9. The van der Waals surface area contributed by atoms with Gasteiger partial charge in [0.1, 0.15) is 11.5 Å². The zero-order chi connectivity index (χ0) is 24.4. The van der Waals surface area contributed by atoms with Crippen LogP contribution in [0.4, 0.5) is 0 Å². The number of amides is 1. The quantitative estimate of drug-likeness (QED) is 0.658. The van der Waals surface area contributed by atoms with Crippen LogP contribution in [0.25, 0.3) is 0 Å². The summed E-state index contributed by atoms with van der Waals surface area (Å²) in [6.07, 6.45) is 5.52. The first kappa shape index (κ1) is 23.5. The maximum absolute atomic E-state index is 13.5. The summed E-state index contributed by atoms with van der Waals surface area (Å²) in [5, 5.41) is 13.4. The summed E-state index contributed by atoms with van der Waals surface area (Å²) >= 11 is 0. The number of piperidine rings is 1. The van der Waals surface area contributed by atoms with Crippen LogP contribution in [0.5, 0.6) is 11.5 Å². The minimum absolute atomic E-state index is 0.0513. The highest BCUT2D eigenvalue weighted by molar-refractivity contribution is 5.87. The minimum atomic E-state index is -0.621. The average molecular weight is 470 g/mol. The van der Waals surface area contributed by atoms with Crippen LogP contribution in [0.15, 0.2) is 18.2 Å². The van der Waals surface area contributed by atoms with Gasteiger partial charge in [-0.2, -0.15) is 0 Å². The Morgan fingerprint density at radius 1 is 1.06 bits per heavy atom. The number of benzene rings is 1. The maximum atomic E-state index is 13.5. The molecular weight excluding hydrogens is 430 g/mol. The zero-order valence-corrected chi connectivity index (χ0v) is 21.1. The third-order valence-electron chi connectivity index (χ3n) is 10.6. The van der Waals surface area contributed by atoms with Gasteiger partial charge in [-0.1, -0.05) is 26.8 Å². The highest BCUT2D eigenvalue weighted by atomic mass is 16.5. The van der Waals surface area contributed by atoms with E-state index in [2.05, 4.69) is 26.1 Å². The molecule has 0 radical (unpaired) electrons. The molecule has 2 N–H and O–H groups in total. The molecule has 1 heterocycles. The molecule has 9 atom stereocenters. The van der Waals surface area contributed by atoms with E-state index >= 15 is 0 Å². The number of hydrogen-bond donors (Lipinski definition) is 2. The van der Waals surface area contributed by atoms with Crippen molar-refractivity contribution in [2.24, 2.45) is 40.4 Å². The molecule has 6 heteroatoms. The van der Waals surface area contributed by atoms with Gasteiger partial charge >= 0.3 is 5.97 Å². The normalized spacial score (nSPS) is 43.2. The van der Waals surface area contributed by atoms with E-state index in [4.69, 9.17) is 9.47 Å². The van der Waals surface area contributed by atoms with E-state index in [0.29, 0.717) is 35.2 Å². The van der Waals surface area contributed by atoms with E-state index < -0.39 is 5.97 Å². The van der Waals surface area contributed by atoms with Gasteiger partial charge in [-0.05, 0) is 85.2 Å².